The molecule has 232 valence electrons. The van der Waals surface area contributed by atoms with E-state index in [1.165, 1.54) is 18.4 Å². The van der Waals surface area contributed by atoms with Crippen molar-refractivity contribution >= 4 is 35.0 Å². The van der Waals surface area contributed by atoms with Crippen LogP contribution in [0.5, 0.6) is 0 Å². The SMILES string of the molecule is CCOC(=O)C1=C(c2ccccc2)N=c2s/c(=C/c3cc(C)n(-c4cccc(C(=O)OC)c4C)c3C)c(=O)n2[C@H]1c1ccccc1. The van der Waals surface area contributed by atoms with Crippen LogP contribution in [0.1, 0.15) is 57.0 Å². The van der Waals surface area contributed by atoms with E-state index in [1.807, 2.05) is 106 Å². The molecular weight excluding hydrogens is 598 g/mol. The average molecular weight is 632 g/mol. The Balaban J connectivity index is 1.57. The highest BCUT2D eigenvalue weighted by Gasteiger charge is 2.35. The van der Waals surface area contributed by atoms with Gasteiger partial charge in [0.25, 0.3) is 5.56 Å². The number of thiazole rings is 1. The molecule has 8 nitrogen and oxygen atoms in total. The third kappa shape index (κ3) is 5.32. The van der Waals surface area contributed by atoms with Crippen molar-refractivity contribution in [2.75, 3.05) is 13.7 Å². The Morgan fingerprint density at radius 3 is 2.30 bits per heavy atom. The summed E-state index contributed by atoms with van der Waals surface area (Å²) >= 11 is 1.28. The Morgan fingerprint density at radius 1 is 0.935 bits per heavy atom. The van der Waals surface area contributed by atoms with E-state index in [0.717, 1.165) is 39.3 Å². The van der Waals surface area contributed by atoms with Crippen LogP contribution in [0.15, 0.2) is 100 Å². The zero-order valence-corrected chi connectivity index (χ0v) is 27.1. The molecular formula is C37H33N3O5S. The van der Waals surface area contributed by atoms with Gasteiger partial charge in [0.1, 0.15) is 0 Å². The summed E-state index contributed by atoms with van der Waals surface area (Å²) in [7, 11) is 1.37. The van der Waals surface area contributed by atoms with Gasteiger partial charge in [-0.2, -0.15) is 0 Å². The molecule has 0 N–H and O–H groups in total. The van der Waals surface area contributed by atoms with Crippen molar-refractivity contribution in [3.05, 3.63) is 149 Å². The van der Waals surface area contributed by atoms with Gasteiger partial charge in [0.15, 0.2) is 4.80 Å². The third-order valence-corrected chi connectivity index (χ3v) is 9.18. The smallest absolute Gasteiger partial charge is 0.338 e. The topological polar surface area (TPSA) is 91.9 Å². The van der Waals surface area contributed by atoms with Crippen molar-refractivity contribution in [3.8, 4) is 5.69 Å². The molecule has 1 aliphatic rings. The Hall–Kier alpha value is -5.28. The standard InChI is InChI=1S/C37H33N3O5S/c1-6-45-36(43)31-32(25-14-9-7-10-15-25)38-37-40(33(31)26-16-11-8-12-17-26)34(41)30(46-37)21-27-20-22(2)39(24(27)4)29-19-13-18-28(23(29)3)35(42)44-5/h7-21,33H,6H2,1-5H3/b30-21+/t33-/m0/s1. The number of benzene rings is 3. The van der Waals surface area contributed by atoms with Gasteiger partial charge in [0.2, 0.25) is 0 Å². The molecule has 46 heavy (non-hydrogen) atoms. The number of carbonyl (C=O) groups excluding carboxylic acids is 2. The largest absolute Gasteiger partial charge is 0.465 e. The molecule has 0 spiro atoms. The quantitative estimate of drug-likeness (QED) is 0.223. The first-order valence-electron chi connectivity index (χ1n) is 15.0. The summed E-state index contributed by atoms with van der Waals surface area (Å²) in [6.45, 7) is 7.82. The molecule has 0 unspecified atom stereocenters. The predicted octanol–water partition coefficient (Wildman–Crippen LogP) is 5.44. The molecule has 0 saturated carbocycles. The zero-order valence-electron chi connectivity index (χ0n) is 26.2. The lowest BCUT2D eigenvalue weighted by Crippen LogP contribution is -2.40. The number of hydrogen-bond acceptors (Lipinski definition) is 7. The maximum atomic E-state index is 14.3. The Bertz CT molecular complexity index is 2190. The summed E-state index contributed by atoms with van der Waals surface area (Å²) < 4.78 is 14.7. The van der Waals surface area contributed by atoms with Crippen molar-refractivity contribution in [2.45, 2.75) is 33.7 Å². The fraction of sp³-hybridized carbons (Fsp3) is 0.189. The van der Waals surface area contributed by atoms with Gasteiger partial charge in [0.05, 0.1) is 41.1 Å². The van der Waals surface area contributed by atoms with E-state index < -0.39 is 18.0 Å². The van der Waals surface area contributed by atoms with E-state index in [-0.39, 0.29) is 12.2 Å². The first-order valence-corrected chi connectivity index (χ1v) is 15.8. The second-order valence-corrected chi connectivity index (χ2v) is 12.0. The molecule has 3 aromatic carbocycles. The van der Waals surface area contributed by atoms with Crippen LogP contribution in [0.4, 0.5) is 0 Å². The van der Waals surface area contributed by atoms with Crippen LogP contribution in [-0.4, -0.2) is 34.8 Å². The summed E-state index contributed by atoms with van der Waals surface area (Å²) in [5.74, 6) is -0.908. The molecule has 9 heteroatoms. The Kier molecular flexibility index (Phi) is 8.42. The molecule has 0 aliphatic carbocycles. The first kappa shape index (κ1) is 30.7. The van der Waals surface area contributed by atoms with Gasteiger partial charge in [-0.05, 0) is 68.7 Å². The van der Waals surface area contributed by atoms with Crippen molar-refractivity contribution in [2.24, 2.45) is 4.99 Å². The minimum Gasteiger partial charge on any atom is -0.465 e. The predicted molar refractivity (Wildman–Crippen MR) is 179 cm³/mol. The van der Waals surface area contributed by atoms with Gasteiger partial charge in [-0.1, -0.05) is 78.1 Å². The molecule has 1 atom stereocenters. The van der Waals surface area contributed by atoms with E-state index in [1.54, 1.807) is 17.6 Å². The van der Waals surface area contributed by atoms with Gasteiger partial charge < -0.3 is 14.0 Å². The number of nitrogens with zero attached hydrogens (tertiary/aromatic N) is 3. The molecule has 2 aromatic heterocycles. The van der Waals surface area contributed by atoms with Gasteiger partial charge in [-0.3, -0.25) is 9.36 Å². The Morgan fingerprint density at radius 2 is 1.63 bits per heavy atom. The van der Waals surface area contributed by atoms with E-state index >= 15 is 0 Å². The molecule has 6 rings (SSSR count). The summed E-state index contributed by atoms with van der Waals surface area (Å²) in [5, 5.41) is 0. The summed E-state index contributed by atoms with van der Waals surface area (Å²) in [5.41, 5.74) is 6.95. The Labute approximate surface area is 270 Å². The lowest BCUT2D eigenvalue weighted by molar-refractivity contribution is -0.138. The average Bonchev–Trinajstić information content (AvgIpc) is 3.53. The molecule has 0 radical (unpaired) electrons. The van der Waals surface area contributed by atoms with Crippen LogP contribution >= 0.6 is 11.3 Å². The van der Waals surface area contributed by atoms with Gasteiger partial charge >= 0.3 is 11.9 Å². The number of methoxy groups -OCH3 is 1. The highest BCUT2D eigenvalue weighted by Crippen LogP contribution is 2.35. The van der Waals surface area contributed by atoms with Crippen molar-refractivity contribution in [1.29, 1.82) is 0 Å². The lowest BCUT2D eigenvalue weighted by atomic mass is 9.93. The van der Waals surface area contributed by atoms with Crippen molar-refractivity contribution in [3.63, 3.8) is 0 Å². The lowest BCUT2D eigenvalue weighted by Gasteiger charge is -2.25. The van der Waals surface area contributed by atoms with E-state index in [2.05, 4.69) is 4.57 Å². The normalized spacial score (nSPS) is 14.5. The number of aryl methyl sites for hydroxylation is 1. The van der Waals surface area contributed by atoms with Crippen LogP contribution in [-0.2, 0) is 14.3 Å². The minimum atomic E-state index is -0.731. The van der Waals surface area contributed by atoms with Gasteiger partial charge in [0, 0.05) is 22.6 Å². The summed E-state index contributed by atoms with van der Waals surface area (Å²) in [4.78, 5) is 45.7. The third-order valence-electron chi connectivity index (χ3n) is 8.20. The second-order valence-electron chi connectivity index (χ2n) is 10.9. The highest BCUT2D eigenvalue weighted by molar-refractivity contribution is 7.07. The number of aromatic nitrogens is 2. The first-order chi connectivity index (χ1) is 22.2. The van der Waals surface area contributed by atoms with Gasteiger partial charge in [-0.15, -0.1) is 0 Å². The van der Waals surface area contributed by atoms with Crippen LogP contribution < -0.4 is 14.9 Å². The fourth-order valence-corrected chi connectivity index (χ4v) is 7.03. The number of ether oxygens (including phenoxy) is 2. The molecule has 0 saturated heterocycles. The number of carbonyl (C=O) groups is 2. The van der Waals surface area contributed by atoms with Crippen LogP contribution in [0.3, 0.4) is 0 Å². The highest BCUT2D eigenvalue weighted by atomic mass is 32.1. The molecule has 0 fully saturated rings. The molecule has 0 amide bonds. The summed E-state index contributed by atoms with van der Waals surface area (Å²) in [6, 6.07) is 25.8. The molecule has 5 aromatic rings. The number of rotatable bonds is 7. The number of hydrogen-bond donors (Lipinski definition) is 0. The molecule has 3 heterocycles. The van der Waals surface area contributed by atoms with Crippen molar-refractivity contribution in [1.82, 2.24) is 9.13 Å². The van der Waals surface area contributed by atoms with E-state index in [0.29, 0.717) is 26.2 Å². The fourth-order valence-electron chi connectivity index (χ4n) is 6.03. The van der Waals surface area contributed by atoms with Crippen LogP contribution in [0.25, 0.3) is 17.5 Å². The maximum absolute atomic E-state index is 14.3. The van der Waals surface area contributed by atoms with Crippen molar-refractivity contribution < 1.29 is 19.1 Å². The minimum absolute atomic E-state index is 0.188. The maximum Gasteiger partial charge on any atom is 0.338 e. The van der Waals surface area contributed by atoms with Crippen LogP contribution in [0, 0.1) is 20.8 Å². The zero-order chi connectivity index (χ0) is 32.5. The van der Waals surface area contributed by atoms with Crippen LogP contribution in [0.2, 0.25) is 0 Å². The van der Waals surface area contributed by atoms with E-state index in [9.17, 15) is 14.4 Å². The molecule has 1 aliphatic heterocycles. The monoisotopic (exact) mass is 631 g/mol. The molecule has 0 bridgehead atoms. The van der Waals surface area contributed by atoms with Gasteiger partial charge in [-0.25, -0.2) is 14.6 Å². The number of esters is 2. The second kappa shape index (κ2) is 12.6. The van der Waals surface area contributed by atoms with E-state index in [4.69, 9.17) is 14.5 Å². The number of fused-ring (bicyclic) bond motifs is 1. The summed E-state index contributed by atoms with van der Waals surface area (Å²) in [6.07, 6.45) is 1.88.